The van der Waals surface area contributed by atoms with Crippen LogP contribution in [0.2, 0.25) is 0 Å². The zero-order valence-electron chi connectivity index (χ0n) is 41.6. The molecule has 23 heteroatoms. The number of hydrogen-bond donors (Lipinski definition) is 6. The summed E-state index contributed by atoms with van der Waals surface area (Å²) in [6.07, 6.45) is -5.21. The normalized spacial score (nSPS) is 21.6. The third kappa shape index (κ3) is 11.0. The Hall–Kier alpha value is -7.26. The molecule has 2 aliphatic rings. The molecule has 0 spiro atoms. The number of rotatable bonds is 21. The minimum atomic E-state index is -6.39. The molecule has 6 N–H and O–H groups in total. The molecule has 0 bridgehead atoms. The first-order valence-electron chi connectivity index (χ1n) is 24.2. The van der Waals surface area contributed by atoms with Crippen LogP contribution in [0.3, 0.4) is 0 Å². The fourth-order valence-electron chi connectivity index (χ4n) is 10.1. The van der Waals surface area contributed by atoms with Crippen molar-refractivity contribution in [2.75, 3.05) is 52.6 Å². The number of benzene rings is 4. The number of nitrogens with one attached hydrogen (secondary N) is 2. The molecule has 1 amide bonds. The summed E-state index contributed by atoms with van der Waals surface area (Å²) in [5, 5.41) is 25.0. The summed E-state index contributed by atoms with van der Waals surface area (Å²) in [5.74, 6) is -0.549. The maximum absolute atomic E-state index is 13.6. The molecule has 0 saturated carbocycles. The fraction of sp³-hybridized carbons (Fsp3) is 0.340. The Morgan fingerprint density at radius 2 is 1.49 bits per heavy atom. The van der Waals surface area contributed by atoms with Gasteiger partial charge in [-0.2, -0.15) is 0 Å². The van der Waals surface area contributed by atoms with Crippen LogP contribution in [-0.2, 0) is 29.3 Å². The summed E-state index contributed by atoms with van der Waals surface area (Å²) in [4.78, 5) is 92.5. The number of fused-ring (bicyclic) bond motifs is 1. The molecule has 8 atom stereocenters. The molecule has 2 aliphatic heterocycles. The van der Waals surface area contributed by atoms with E-state index in [9.17, 15) is 39.4 Å². The van der Waals surface area contributed by atoms with E-state index in [-0.39, 0.29) is 43.0 Å². The van der Waals surface area contributed by atoms with Crippen molar-refractivity contribution in [1.29, 1.82) is 5.26 Å². The Morgan fingerprint density at radius 1 is 0.842 bits per heavy atom. The maximum atomic E-state index is 13.6. The summed E-state index contributed by atoms with van der Waals surface area (Å²) in [6, 6.07) is 35.3. The number of anilines is 1. The first-order chi connectivity index (χ1) is 36.6. The molecule has 2 saturated heterocycles. The van der Waals surface area contributed by atoms with E-state index >= 15 is 0 Å². The van der Waals surface area contributed by atoms with Gasteiger partial charge in [0.1, 0.15) is 0 Å². The van der Waals surface area contributed by atoms with E-state index in [0.717, 1.165) is 16.8 Å². The van der Waals surface area contributed by atoms with Crippen molar-refractivity contribution in [2.24, 2.45) is 5.92 Å². The van der Waals surface area contributed by atoms with Gasteiger partial charge in [-0.05, 0) is 12.1 Å². The molecule has 76 heavy (non-hydrogen) atoms. The number of nitriles is 1. The second kappa shape index (κ2) is 22.5. The van der Waals surface area contributed by atoms with Gasteiger partial charge in [0.2, 0.25) is 0 Å². The van der Waals surface area contributed by atoms with Crippen molar-refractivity contribution < 1.29 is 57.7 Å². The van der Waals surface area contributed by atoms with Crippen LogP contribution in [0.4, 0.5) is 5.82 Å². The number of aliphatic hydroxyl groups excluding tert-OH is 1. The van der Waals surface area contributed by atoms with Gasteiger partial charge < -0.3 is 0 Å². The number of aromatic amines is 1. The molecular weight excluding hydrogens is 1000 g/mol. The summed E-state index contributed by atoms with van der Waals surface area (Å²) < 4.78 is 45.3. The Morgan fingerprint density at radius 3 is 2.11 bits per heavy atom. The first-order valence-corrected chi connectivity index (χ1v) is 26.6. The molecule has 22 nitrogen and oxygen atoms in total. The summed E-state index contributed by atoms with van der Waals surface area (Å²) >= 11 is 0. The van der Waals surface area contributed by atoms with Crippen molar-refractivity contribution in [3.63, 3.8) is 0 Å². The average molecular weight is 1060 g/mol. The number of carbonyl (C=O) groups excluding carboxylic acids is 1. The van der Waals surface area contributed by atoms with Gasteiger partial charge in [0.25, 0.3) is 0 Å². The van der Waals surface area contributed by atoms with Crippen LogP contribution in [-0.4, -0.2) is 132 Å². The van der Waals surface area contributed by atoms with E-state index in [1.54, 1.807) is 73.4 Å². The van der Waals surface area contributed by atoms with Crippen LogP contribution in [0.25, 0.3) is 11.2 Å². The number of amides is 1. The van der Waals surface area contributed by atoms with Gasteiger partial charge in [0.05, 0.1) is 0 Å². The third-order valence-corrected chi connectivity index (χ3v) is 16.7. The van der Waals surface area contributed by atoms with Crippen LogP contribution in [0, 0.1) is 17.2 Å². The number of H-pyrrole nitrogens is 1. The van der Waals surface area contributed by atoms with Crippen LogP contribution >= 0.6 is 7.28 Å². The van der Waals surface area contributed by atoms with Gasteiger partial charge in [-0.25, -0.2) is 0 Å². The molecule has 0 aliphatic carbocycles. The van der Waals surface area contributed by atoms with Crippen molar-refractivity contribution >= 4 is 30.2 Å². The van der Waals surface area contributed by atoms with Crippen molar-refractivity contribution in [2.45, 2.75) is 61.0 Å². The Balaban J connectivity index is 1.05. The minimum absolute atomic E-state index is 0.00257. The molecule has 0 radical (unpaired) electrons. The topological polar surface area (TPSA) is 297 Å². The van der Waals surface area contributed by atoms with Gasteiger partial charge in [0.15, 0.2) is 0 Å². The Kier molecular flexibility index (Phi) is 15.9. The molecule has 1 unspecified atom stereocenters. The molecule has 2 fully saturated rings. The molecule has 3 aromatic heterocycles. The number of nitrogens with zero attached hydrogens (tertiary/aromatic N) is 6. The van der Waals surface area contributed by atoms with Gasteiger partial charge in [-0.3, -0.25) is 4.79 Å². The number of imidazole rings is 1. The van der Waals surface area contributed by atoms with E-state index in [0.29, 0.717) is 33.8 Å². The standard InChI is InChI=1S/C53H57N8O14P/c1-69-24-25-72-46-47(76(66,67,68)30-33(28-54)26-41-40(62)27-44(74-41)61-32-57-45-48(55-31-56-49(45)61)59-50(64)34-10-6-4-7-11-34)42(75-51(46)60-23-22-43(63)58-52(60)65)29-73-53(35-12-8-5-9-13-35,36-14-18-38(70-2)19-15-36)37-16-20-39(71-3)21-17-37/h4-23,31-33,40-42,44,46-47,51,62,66-68H,24-27,29-30H2,1-3H3,(H,58,63,65)(H,55,56,59,64)/t33?,40-,41+,42+,44+,46-,47+,51+/m0/s1. The van der Waals surface area contributed by atoms with E-state index in [4.69, 9.17) is 33.2 Å². The number of hydrogen-bond acceptors (Lipinski definition) is 18. The Labute approximate surface area is 435 Å². The number of ether oxygens (including phenoxy) is 7. The molecule has 5 heterocycles. The quantitative estimate of drug-likeness (QED) is 0.0330. The van der Waals surface area contributed by atoms with E-state index < -0.39 is 91.3 Å². The van der Waals surface area contributed by atoms with Crippen LogP contribution in [0.15, 0.2) is 144 Å². The summed E-state index contributed by atoms with van der Waals surface area (Å²) in [5.41, 5.74) is -2.18. The van der Waals surface area contributed by atoms with E-state index in [1.165, 1.54) is 19.8 Å². The second-order valence-corrected chi connectivity index (χ2v) is 21.9. The molecule has 398 valence electrons. The van der Waals surface area contributed by atoms with Gasteiger partial charge in [0, 0.05) is 5.56 Å². The summed E-state index contributed by atoms with van der Waals surface area (Å²) in [6.45, 7) is -0.719. The predicted molar refractivity (Wildman–Crippen MR) is 275 cm³/mol. The predicted octanol–water partition coefficient (Wildman–Crippen LogP) is 4.41. The SMILES string of the molecule is COCCO[C@H]1[C@H](P(O)(O)(O)CC(C#N)C[C@H]2O[C@@H](n3cnc4c(NC(=O)c5ccccc5)ncnc43)C[C@@H]2O)[C@@H](COC(c2ccccc2)(c2ccc(OC)cc2)c2ccc(OC)cc2)O[C@H]1n1ccc(=O)[nH]c1=O. The van der Waals surface area contributed by atoms with Crippen molar-refractivity contribution in [3.8, 4) is 17.6 Å². The molecular formula is C53H57N8O14P. The number of methoxy groups -OCH3 is 3. The molecule has 9 rings (SSSR count). The second-order valence-electron chi connectivity index (χ2n) is 18.5. The average Bonchev–Trinajstić information content (AvgIpc) is 4.15. The van der Waals surface area contributed by atoms with E-state index in [1.807, 2.05) is 54.6 Å². The fourth-order valence-corrected chi connectivity index (χ4v) is 13.1. The first kappa shape index (κ1) is 53.6. The molecule has 4 aromatic carbocycles. The van der Waals surface area contributed by atoms with Crippen LogP contribution in [0.5, 0.6) is 11.5 Å². The summed E-state index contributed by atoms with van der Waals surface area (Å²) in [7, 11) is -1.88. The van der Waals surface area contributed by atoms with Crippen LogP contribution < -0.4 is 26.0 Å². The molecule has 7 aromatic rings. The third-order valence-electron chi connectivity index (χ3n) is 13.7. The van der Waals surface area contributed by atoms with Gasteiger partial charge in [-0.1, -0.05) is 18.2 Å². The zero-order chi connectivity index (χ0) is 53.6. The van der Waals surface area contributed by atoms with Crippen LogP contribution in [0.1, 0.15) is 52.3 Å². The van der Waals surface area contributed by atoms with Crippen molar-refractivity contribution in [1.82, 2.24) is 29.1 Å². The van der Waals surface area contributed by atoms with E-state index in [2.05, 4.69) is 31.3 Å². The number of aromatic nitrogens is 6. The zero-order valence-corrected chi connectivity index (χ0v) is 42.5. The number of carbonyl (C=O) groups is 1. The Bertz CT molecular complexity index is 3230. The van der Waals surface area contributed by atoms with Gasteiger partial charge in [-0.15, -0.1) is 0 Å². The number of aliphatic hydroxyl groups is 1. The monoisotopic (exact) mass is 1060 g/mol. The van der Waals surface area contributed by atoms with Crippen molar-refractivity contribution in [3.05, 3.63) is 177 Å². The van der Waals surface area contributed by atoms with Gasteiger partial charge >= 0.3 is 396 Å².